The van der Waals surface area contributed by atoms with Crippen LogP contribution >= 0.6 is 0 Å². The molecule has 2 aliphatic carbocycles. The monoisotopic (exact) mass is 289 g/mol. The van der Waals surface area contributed by atoms with E-state index in [1.54, 1.807) is 0 Å². The van der Waals surface area contributed by atoms with Crippen LogP contribution in [0.15, 0.2) is 30.3 Å². The van der Waals surface area contributed by atoms with E-state index in [2.05, 4.69) is 5.32 Å². The molecular weight excluding hydrogens is 270 g/mol. The van der Waals surface area contributed by atoms with Gasteiger partial charge >= 0.3 is 12.1 Å². The number of aliphatic carboxylic acids is 1. The van der Waals surface area contributed by atoms with Crippen LogP contribution in [-0.4, -0.2) is 22.7 Å². The molecule has 0 atom stereocenters. The molecule has 1 spiro atoms. The molecule has 1 aromatic rings. The molecule has 21 heavy (non-hydrogen) atoms. The smallest absolute Gasteiger partial charge is 0.408 e. The Morgan fingerprint density at radius 1 is 1.19 bits per heavy atom. The molecule has 112 valence electrons. The first kappa shape index (κ1) is 13.9. The van der Waals surface area contributed by atoms with Gasteiger partial charge in [-0.25, -0.2) is 9.59 Å². The van der Waals surface area contributed by atoms with E-state index in [0.717, 1.165) is 24.8 Å². The van der Waals surface area contributed by atoms with Crippen LogP contribution in [0.4, 0.5) is 4.79 Å². The Kier molecular flexibility index (Phi) is 3.35. The maximum Gasteiger partial charge on any atom is 0.408 e. The van der Waals surface area contributed by atoms with Crippen molar-refractivity contribution in [1.29, 1.82) is 0 Å². The maximum atomic E-state index is 11.8. The van der Waals surface area contributed by atoms with Crippen LogP contribution in [-0.2, 0) is 16.1 Å². The van der Waals surface area contributed by atoms with Crippen LogP contribution in [0.3, 0.4) is 0 Å². The fraction of sp³-hybridized carbons (Fsp3) is 0.500. The number of alkyl carbamates (subject to hydrolysis) is 1. The van der Waals surface area contributed by atoms with Crippen LogP contribution in [0.5, 0.6) is 0 Å². The van der Waals surface area contributed by atoms with Gasteiger partial charge < -0.3 is 15.2 Å². The van der Waals surface area contributed by atoms with Crippen molar-refractivity contribution in [2.45, 2.75) is 44.2 Å². The number of rotatable bonds is 4. The van der Waals surface area contributed by atoms with Gasteiger partial charge in [0.1, 0.15) is 12.1 Å². The standard InChI is InChI=1S/C16H19NO4/c18-13(19)16(10-15(11-16)7-4-8-15)17-14(20)21-9-12-5-2-1-3-6-12/h1-3,5-6H,4,7-11H2,(H,17,20)(H,18,19). The van der Waals surface area contributed by atoms with Gasteiger partial charge in [-0.15, -0.1) is 0 Å². The highest BCUT2D eigenvalue weighted by Gasteiger charge is 2.62. The summed E-state index contributed by atoms with van der Waals surface area (Å²) in [5.74, 6) is -0.961. The highest BCUT2D eigenvalue weighted by molar-refractivity contribution is 5.86. The fourth-order valence-corrected chi connectivity index (χ4v) is 3.51. The van der Waals surface area contributed by atoms with Crippen LogP contribution in [0.25, 0.3) is 0 Å². The predicted molar refractivity (Wildman–Crippen MR) is 75.6 cm³/mol. The van der Waals surface area contributed by atoms with Gasteiger partial charge in [0.05, 0.1) is 0 Å². The minimum atomic E-state index is -1.13. The van der Waals surface area contributed by atoms with Gasteiger partial charge in [0.25, 0.3) is 0 Å². The number of carboxylic acid groups (broad SMARTS) is 1. The van der Waals surface area contributed by atoms with Gasteiger partial charge in [-0.1, -0.05) is 36.8 Å². The predicted octanol–water partition coefficient (Wildman–Crippen LogP) is 2.70. The second-order valence-electron chi connectivity index (χ2n) is 6.28. The van der Waals surface area contributed by atoms with E-state index in [0.29, 0.717) is 12.8 Å². The van der Waals surface area contributed by atoms with E-state index >= 15 is 0 Å². The van der Waals surface area contributed by atoms with Crippen molar-refractivity contribution in [2.24, 2.45) is 5.41 Å². The largest absolute Gasteiger partial charge is 0.480 e. The molecule has 3 rings (SSSR count). The van der Waals surface area contributed by atoms with E-state index in [-0.39, 0.29) is 12.0 Å². The summed E-state index contributed by atoms with van der Waals surface area (Å²) in [6.45, 7) is 0.146. The van der Waals surface area contributed by atoms with Crippen molar-refractivity contribution in [3.8, 4) is 0 Å². The van der Waals surface area contributed by atoms with Crippen molar-refractivity contribution < 1.29 is 19.4 Å². The summed E-state index contributed by atoms with van der Waals surface area (Å²) in [5, 5.41) is 12.0. The highest BCUT2D eigenvalue weighted by Crippen LogP contribution is 2.60. The Morgan fingerprint density at radius 2 is 1.86 bits per heavy atom. The average Bonchev–Trinajstić information content (AvgIpc) is 2.39. The Bertz CT molecular complexity index is 543. The van der Waals surface area contributed by atoms with E-state index in [9.17, 15) is 14.7 Å². The topological polar surface area (TPSA) is 75.6 Å². The molecule has 0 radical (unpaired) electrons. The van der Waals surface area contributed by atoms with Crippen LogP contribution in [0.1, 0.15) is 37.7 Å². The van der Waals surface area contributed by atoms with Gasteiger partial charge in [-0.2, -0.15) is 0 Å². The molecule has 0 heterocycles. The lowest BCUT2D eigenvalue weighted by Crippen LogP contribution is -2.68. The molecule has 5 nitrogen and oxygen atoms in total. The number of amides is 1. The van der Waals surface area contributed by atoms with E-state index in [1.807, 2.05) is 30.3 Å². The Hall–Kier alpha value is -2.04. The normalized spacial score (nSPS) is 21.0. The van der Waals surface area contributed by atoms with Crippen molar-refractivity contribution in [1.82, 2.24) is 5.32 Å². The van der Waals surface area contributed by atoms with Crippen LogP contribution in [0.2, 0.25) is 0 Å². The summed E-state index contributed by atoms with van der Waals surface area (Å²) in [6.07, 6.45) is 3.70. The quantitative estimate of drug-likeness (QED) is 0.893. The minimum Gasteiger partial charge on any atom is -0.480 e. The number of benzene rings is 1. The van der Waals surface area contributed by atoms with Gasteiger partial charge in [0.15, 0.2) is 0 Å². The third-order valence-electron chi connectivity index (χ3n) is 4.73. The molecule has 2 aliphatic rings. The molecule has 5 heteroatoms. The van der Waals surface area contributed by atoms with E-state index < -0.39 is 17.6 Å². The zero-order valence-corrected chi connectivity index (χ0v) is 11.8. The molecule has 2 saturated carbocycles. The summed E-state index contributed by atoms with van der Waals surface area (Å²) < 4.78 is 5.12. The third kappa shape index (κ3) is 2.60. The molecule has 0 bridgehead atoms. The lowest BCUT2D eigenvalue weighted by Gasteiger charge is -2.58. The molecule has 1 amide bonds. The average molecular weight is 289 g/mol. The first-order chi connectivity index (χ1) is 10.0. The SMILES string of the molecule is O=C(NC1(C(=O)O)CC2(CCC2)C1)OCc1ccccc1. The Labute approximate surface area is 123 Å². The molecule has 0 unspecified atom stereocenters. The molecular formula is C16H19NO4. The minimum absolute atomic E-state index is 0.146. The van der Waals surface area contributed by atoms with E-state index in [1.165, 1.54) is 0 Å². The number of carbonyl (C=O) groups excluding carboxylic acids is 1. The lowest BCUT2D eigenvalue weighted by atomic mass is 9.48. The molecule has 1 aromatic carbocycles. The molecule has 2 N–H and O–H groups in total. The molecule has 2 fully saturated rings. The number of hydrogen-bond acceptors (Lipinski definition) is 3. The van der Waals surface area contributed by atoms with Crippen molar-refractivity contribution in [2.75, 3.05) is 0 Å². The second-order valence-corrected chi connectivity index (χ2v) is 6.28. The zero-order chi connectivity index (χ0) is 14.9. The number of carboxylic acids is 1. The van der Waals surface area contributed by atoms with Crippen molar-refractivity contribution >= 4 is 12.1 Å². The summed E-state index contributed by atoms with van der Waals surface area (Å²) in [5.41, 5.74) is -0.0969. The third-order valence-corrected chi connectivity index (χ3v) is 4.73. The number of nitrogens with one attached hydrogen (secondary N) is 1. The van der Waals surface area contributed by atoms with Gasteiger partial charge in [0.2, 0.25) is 0 Å². The number of ether oxygens (including phenoxy) is 1. The second kappa shape index (κ2) is 5.06. The number of hydrogen-bond donors (Lipinski definition) is 2. The van der Waals surface area contributed by atoms with Crippen LogP contribution < -0.4 is 5.32 Å². The first-order valence-corrected chi connectivity index (χ1v) is 7.26. The van der Waals surface area contributed by atoms with Crippen molar-refractivity contribution in [3.63, 3.8) is 0 Å². The van der Waals surface area contributed by atoms with Crippen molar-refractivity contribution in [3.05, 3.63) is 35.9 Å². The highest BCUT2D eigenvalue weighted by atomic mass is 16.5. The van der Waals surface area contributed by atoms with Gasteiger partial charge in [-0.05, 0) is 36.7 Å². The Morgan fingerprint density at radius 3 is 2.38 bits per heavy atom. The molecule has 0 aliphatic heterocycles. The number of carbonyl (C=O) groups is 2. The summed E-state index contributed by atoms with van der Waals surface area (Å²) >= 11 is 0. The fourth-order valence-electron chi connectivity index (χ4n) is 3.51. The van der Waals surface area contributed by atoms with Crippen LogP contribution in [0, 0.1) is 5.41 Å². The lowest BCUT2D eigenvalue weighted by molar-refractivity contribution is -0.161. The Balaban J connectivity index is 1.54. The molecule has 0 aromatic heterocycles. The summed E-state index contributed by atoms with van der Waals surface area (Å²) in [4.78, 5) is 23.3. The zero-order valence-electron chi connectivity index (χ0n) is 11.8. The van der Waals surface area contributed by atoms with Gasteiger partial charge in [-0.3, -0.25) is 0 Å². The summed E-state index contributed by atoms with van der Waals surface area (Å²) in [6, 6.07) is 9.32. The first-order valence-electron chi connectivity index (χ1n) is 7.26. The molecule has 0 saturated heterocycles. The summed E-state index contributed by atoms with van der Waals surface area (Å²) in [7, 11) is 0. The van der Waals surface area contributed by atoms with Gasteiger partial charge in [0, 0.05) is 0 Å². The van der Waals surface area contributed by atoms with E-state index in [4.69, 9.17) is 4.74 Å². The maximum absolute atomic E-state index is 11.8.